The van der Waals surface area contributed by atoms with Crippen LogP contribution in [0.25, 0.3) is 0 Å². The van der Waals surface area contributed by atoms with E-state index in [0.29, 0.717) is 24.3 Å². The van der Waals surface area contributed by atoms with E-state index in [1.807, 2.05) is 18.7 Å². The molecule has 1 heterocycles. The van der Waals surface area contributed by atoms with Crippen LogP contribution in [0.1, 0.15) is 46.5 Å². The molecule has 2 N–H and O–H groups in total. The fourth-order valence-electron chi connectivity index (χ4n) is 2.93. The molecule has 2 unspecified atom stereocenters. The van der Waals surface area contributed by atoms with Gasteiger partial charge >= 0.3 is 0 Å². The van der Waals surface area contributed by atoms with Crippen molar-refractivity contribution in [2.45, 2.75) is 52.5 Å². The summed E-state index contributed by atoms with van der Waals surface area (Å²) < 4.78 is 0. The molecule has 0 radical (unpaired) electrons. The average Bonchev–Trinajstić information content (AvgIpc) is 2.42. The van der Waals surface area contributed by atoms with Gasteiger partial charge in [-0.3, -0.25) is 4.79 Å². The second-order valence-electron chi connectivity index (χ2n) is 5.69. The van der Waals surface area contributed by atoms with Crippen LogP contribution in [0.2, 0.25) is 0 Å². The molecule has 0 spiro atoms. The Morgan fingerprint density at radius 1 is 1.32 bits per heavy atom. The molecular weight excluding hydrogens is 238 g/mol. The smallest absolute Gasteiger partial charge is 0.222 e. The molecule has 0 aliphatic carbocycles. The third kappa shape index (κ3) is 5.11. The SMILES string of the molecule is CCN(CC)C(=O)CCCN1CC(CN)CCC1C. The minimum atomic E-state index is 0.296. The summed E-state index contributed by atoms with van der Waals surface area (Å²) in [5, 5.41) is 0. The summed E-state index contributed by atoms with van der Waals surface area (Å²) in [5.74, 6) is 0.944. The van der Waals surface area contributed by atoms with Crippen LogP contribution in [0.4, 0.5) is 0 Å². The van der Waals surface area contributed by atoms with Gasteiger partial charge in [-0.2, -0.15) is 0 Å². The largest absolute Gasteiger partial charge is 0.343 e. The first-order valence-electron chi connectivity index (χ1n) is 7.84. The minimum Gasteiger partial charge on any atom is -0.343 e. The van der Waals surface area contributed by atoms with E-state index < -0.39 is 0 Å². The maximum absolute atomic E-state index is 11.9. The lowest BCUT2D eigenvalue weighted by atomic mass is 9.93. The van der Waals surface area contributed by atoms with Crippen LogP contribution >= 0.6 is 0 Å². The highest BCUT2D eigenvalue weighted by molar-refractivity contribution is 5.76. The van der Waals surface area contributed by atoms with E-state index in [1.165, 1.54) is 12.8 Å². The second-order valence-corrected chi connectivity index (χ2v) is 5.69. The molecule has 0 aromatic carbocycles. The number of carbonyl (C=O) groups is 1. The number of amides is 1. The molecule has 2 atom stereocenters. The average molecular weight is 269 g/mol. The van der Waals surface area contributed by atoms with E-state index in [2.05, 4.69) is 11.8 Å². The molecule has 0 aromatic rings. The van der Waals surface area contributed by atoms with Crippen molar-refractivity contribution in [1.82, 2.24) is 9.80 Å². The van der Waals surface area contributed by atoms with Crippen LogP contribution in [-0.4, -0.2) is 54.5 Å². The standard InChI is InChI=1S/C15H31N3O/c1-4-17(5-2)15(19)7-6-10-18-12-14(11-16)9-8-13(18)3/h13-14H,4-12,16H2,1-3H3. The number of carbonyl (C=O) groups excluding carboxylic acids is 1. The molecule has 1 fully saturated rings. The van der Waals surface area contributed by atoms with Crippen LogP contribution in [-0.2, 0) is 4.79 Å². The molecule has 19 heavy (non-hydrogen) atoms. The first kappa shape index (κ1) is 16.4. The Morgan fingerprint density at radius 2 is 2.00 bits per heavy atom. The summed E-state index contributed by atoms with van der Waals surface area (Å²) in [4.78, 5) is 16.4. The van der Waals surface area contributed by atoms with Crippen LogP contribution in [0.5, 0.6) is 0 Å². The zero-order chi connectivity index (χ0) is 14.3. The van der Waals surface area contributed by atoms with Crippen molar-refractivity contribution in [1.29, 1.82) is 0 Å². The van der Waals surface area contributed by atoms with Crippen LogP contribution in [0.15, 0.2) is 0 Å². The number of rotatable bonds is 7. The molecule has 0 bridgehead atoms. The Kier molecular flexibility index (Phi) is 7.39. The summed E-state index contributed by atoms with van der Waals surface area (Å²) in [7, 11) is 0. The molecule has 0 aromatic heterocycles. The predicted octanol–water partition coefficient (Wildman–Crippen LogP) is 1.69. The third-order valence-corrected chi connectivity index (χ3v) is 4.39. The van der Waals surface area contributed by atoms with Gasteiger partial charge in [-0.25, -0.2) is 0 Å². The van der Waals surface area contributed by atoms with Crippen molar-refractivity contribution in [2.24, 2.45) is 11.7 Å². The Morgan fingerprint density at radius 3 is 2.58 bits per heavy atom. The molecule has 112 valence electrons. The molecule has 1 amide bonds. The lowest BCUT2D eigenvalue weighted by Gasteiger charge is -2.37. The van der Waals surface area contributed by atoms with Gasteiger partial charge in [0, 0.05) is 32.1 Å². The highest BCUT2D eigenvalue weighted by atomic mass is 16.2. The normalized spacial score (nSPS) is 24.4. The fourth-order valence-corrected chi connectivity index (χ4v) is 2.93. The highest BCUT2D eigenvalue weighted by Gasteiger charge is 2.24. The molecular formula is C15H31N3O. The number of nitrogens with zero attached hydrogens (tertiary/aromatic N) is 2. The fraction of sp³-hybridized carbons (Fsp3) is 0.933. The Hall–Kier alpha value is -0.610. The first-order valence-corrected chi connectivity index (χ1v) is 7.84. The number of nitrogens with two attached hydrogens (primary N) is 1. The summed E-state index contributed by atoms with van der Waals surface area (Å²) >= 11 is 0. The van der Waals surface area contributed by atoms with E-state index in [1.54, 1.807) is 0 Å². The van der Waals surface area contributed by atoms with E-state index in [9.17, 15) is 4.79 Å². The van der Waals surface area contributed by atoms with E-state index in [0.717, 1.165) is 39.1 Å². The summed E-state index contributed by atoms with van der Waals surface area (Å²) in [6, 6.07) is 0.645. The van der Waals surface area contributed by atoms with Gasteiger partial charge in [-0.05, 0) is 59.0 Å². The van der Waals surface area contributed by atoms with Gasteiger partial charge in [0.1, 0.15) is 0 Å². The van der Waals surface area contributed by atoms with Gasteiger partial charge in [-0.15, -0.1) is 0 Å². The maximum Gasteiger partial charge on any atom is 0.222 e. The van der Waals surface area contributed by atoms with E-state index in [4.69, 9.17) is 5.73 Å². The number of hydrogen-bond donors (Lipinski definition) is 1. The van der Waals surface area contributed by atoms with Gasteiger partial charge in [-0.1, -0.05) is 0 Å². The predicted molar refractivity (Wildman–Crippen MR) is 80.0 cm³/mol. The van der Waals surface area contributed by atoms with Gasteiger partial charge in [0.05, 0.1) is 0 Å². The monoisotopic (exact) mass is 269 g/mol. The van der Waals surface area contributed by atoms with E-state index in [-0.39, 0.29) is 0 Å². The zero-order valence-electron chi connectivity index (χ0n) is 12.9. The van der Waals surface area contributed by atoms with Gasteiger partial charge in [0.25, 0.3) is 0 Å². The Balaban J connectivity index is 2.29. The summed E-state index contributed by atoms with van der Waals surface area (Å²) in [5.41, 5.74) is 5.78. The number of likely N-dealkylation sites (tertiary alicyclic amines) is 1. The third-order valence-electron chi connectivity index (χ3n) is 4.39. The van der Waals surface area contributed by atoms with Crippen molar-refractivity contribution in [3.8, 4) is 0 Å². The lowest BCUT2D eigenvalue weighted by Crippen LogP contribution is -2.44. The Bertz CT molecular complexity index is 266. The van der Waals surface area contributed by atoms with Crippen molar-refractivity contribution in [3.63, 3.8) is 0 Å². The molecule has 1 aliphatic rings. The highest BCUT2D eigenvalue weighted by Crippen LogP contribution is 2.21. The van der Waals surface area contributed by atoms with Crippen LogP contribution < -0.4 is 5.73 Å². The Labute approximate surface area is 118 Å². The molecule has 1 aliphatic heterocycles. The summed E-state index contributed by atoms with van der Waals surface area (Å²) in [6.07, 6.45) is 4.15. The van der Waals surface area contributed by atoms with Crippen molar-refractivity contribution in [2.75, 3.05) is 32.7 Å². The minimum absolute atomic E-state index is 0.296. The van der Waals surface area contributed by atoms with Crippen molar-refractivity contribution < 1.29 is 4.79 Å². The van der Waals surface area contributed by atoms with Crippen molar-refractivity contribution in [3.05, 3.63) is 0 Å². The lowest BCUT2D eigenvalue weighted by molar-refractivity contribution is -0.131. The summed E-state index contributed by atoms with van der Waals surface area (Å²) in [6.45, 7) is 11.0. The molecule has 0 saturated carbocycles. The number of hydrogen-bond acceptors (Lipinski definition) is 3. The van der Waals surface area contributed by atoms with Crippen LogP contribution in [0.3, 0.4) is 0 Å². The zero-order valence-corrected chi connectivity index (χ0v) is 12.9. The van der Waals surface area contributed by atoms with E-state index >= 15 is 0 Å². The topological polar surface area (TPSA) is 49.6 Å². The number of piperidine rings is 1. The molecule has 4 heteroatoms. The second kappa shape index (κ2) is 8.54. The first-order chi connectivity index (χ1) is 9.12. The quantitative estimate of drug-likeness (QED) is 0.765. The van der Waals surface area contributed by atoms with Crippen LogP contribution in [0, 0.1) is 5.92 Å². The molecule has 1 saturated heterocycles. The van der Waals surface area contributed by atoms with Crippen molar-refractivity contribution >= 4 is 5.91 Å². The maximum atomic E-state index is 11.9. The molecule has 1 rings (SSSR count). The van der Waals surface area contributed by atoms with Gasteiger partial charge < -0.3 is 15.5 Å². The van der Waals surface area contributed by atoms with Gasteiger partial charge in [0.15, 0.2) is 0 Å². The molecule has 4 nitrogen and oxygen atoms in total. The van der Waals surface area contributed by atoms with Gasteiger partial charge in [0.2, 0.25) is 5.91 Å².